The van der Waals surface area contributed by atoms with Crippen molar-refractivity contribution in [2.45, 2.75) is 52.2 Å². The molecule has 1 heterocycles. The van der Waals surface area contributed by atoms with Gasteiger partial charge in [-0.3, -0.25) is 4.79 Å². The number of fused-ring (bicyclic) bond motifs is 1. The number of carbonyl (C=O) groups is 1. The molecule has 168 valence electrons. The molecule has 0 aliphatic carbocycles. The van der Waals surface area contributed by atoms with Gasteiger partial charge in [0.25, 0.3) is 0 Å². The largest absolute Gasteiger partial charge is 0.493 e. The molecular weight excluding hydrogens is 395 g/mol. The van der Waals surface area contributed by atoms with Crippen molar-refractivity contribution in [1.82, 2.24) is 5.32 Å². The number of halogens is 1. The Kier molecular flexibility index (Phi) is 7.55. The second-order valence-corrected chi connectivity index (χ2v) is 8.80. The van der Waals surface area contributed by atoms with Crippen LogP contribution in [0.3, 0.4) is 0 Å². The molecule has 2 N–H and O–H groups in total. The zero-order valence-electron chi connectivity index (χ0n) is 19.1. The predicted molar refractivity (Wildman–Crippen MR) is 119 cm³/mol. The van der Waals surface area contributed by atoms with E-state index in [2.05, 4.69) is 12.2 Å². The van der Waals surface area contributed by atoms with E-state index >= 15 is 0 Å². The van der Waals surface area contributed by atoms with E-state index in [1.54, 1.807) is 26.4 Å². The molecule has 31 heavy (non-hydrogen) atoms. The molecule has 1 unspecified atom stereocenters. The van der Waals surface area contributed by atoms with Gasteiger partial charge >= 0.3 is 0 Å². The Morgan fingerprint density at radius 3 is 2.52 bits per heavy atom. The summed E-state index contributed by atoms with van der Waals surface area (Å²) >= 11 is 0. The minimum Gasteiger partial charge on any atom is -0.493 e. The minimum atomic E-state index is -0.226. The lowest BCUT2D eigenvalue weighted by Crippen LogP contribution is -3.13. The van der Waals surface area contributed by atoms with Crippen LogP contribution in [0.2, 0.25) is 0 Å². The lowest BCUT2D eigenvalue weighted by Gasteiger charge is -2.38. The minimum absolute atomic E-state index is 0.0166. The SMILES string of the molecule is COc1cc2c(cc1OC)[C@H]([C@@H](C)NC(=O)CC(C)C)[NH+](Cc1cccc(F)c1)CC2. The molecule has 3 rings (SSSR count). The molecule has 0 saturated heterocycles. The summed E-state index contributed by atoms with van der Waals surface area (Å²) < 4.78 is 24.9. The van der Waals surface area contributed by atoms with Gasteiger partial charge in [-0.25, -0.2) is 4.39 Å². The molecule has 1 amide bonds. The van der Waals surface area contributed by atoms with Crippen LogP contribution >= 0.6 is 0 Å². The third kappa shape index (κ3) is 5.56. The molecule has 2 aromatic rings. The molecule has 0 spiro atoms. The average molecular weight is 430 g/mol. The second-order valence-electron chi connectivity index (χ2n) is 8.80. The van der Waals surface area contributed by atoms with Gasteiger partial charge in [0, 0.05) is 24.0 Å². The number of quaternary nitrogens is 1. The van der Waals surface area contributed by atoms with E-state index in [0.29, 0.717) is 30.4 Å². The van der Waals surface area contributed by atoms with Crippen molar-refractivity contribution in [2.75, 3.05) is 20.8 Å². The molecule has 5 nitrogen and oxygen atoms in total. The second kappa shape index (κ2) is 10.1. The lowest BCUT2D eigenvalue weighted by atomic mass is 9.87. The Bertz CT molecular complexity index is 916. The average Bonchev–Trinajstić information content (AvgIpc) is 2.71. The molecule has 0 saturated carbocycles. The van der Waals surface area contributed by atoms with Crippen LogP contribution in [-0.2, 0) is 17.8 Å². The number of hydrogen-bond acceptors (Lipinski definition) is 3. The summed E-state index contributed by atoms with van der Waals surface area (Å²) in [5.74, 6) is 1.52. The van der Waals surface area contributed by atoms with E-state index in [0.717, 1.165) is 24.1 Å². The van der Waals surface area contributed by atoms with Crippen molar-refractivity contribution in [3.05, 3.63) is 58.9 Å². The Balaban J connectivity index is 1.96. The summed E-state index contributed by atoms with van der Waals surface area (Å²) in [6, 6.07) is 10.8. The Morgan fingerprint density at radius 1 is 1.16 bits per heavy atom. The van der Waals surface area contributed by atoms with E-state index in [4.69, 9.17) is 9.47 Å². The van der Waals surface area contributed by atoms with Crippen LogP contribution in [0, 0.1) is 11.7 Å². The zero-order chi connectivity index (χ0) is 22.5. The smallest absolute Gasteiger partial charge is 0.220 e. The summed E-state index contributed by atoms with van der Waals surface area (Å²) in [6.07, 6.45) is 1.37. The van der Waals surface area contributed by atoms with Crippen molar-refractivity contribution in [2.24, 2.45) is 5.92 Å². The van der Waals surface area contributed by atoms with Gasteiger partial charge in [0.2, 0.25) is 5.91 Å². The summed E-state index contributed by atoms with van der Waals surface area (Å²) in [5.41, 5.74) is 3.30. The van der Waals surface area contributed by atoms with Gasteiger partial charge in [0.1, 0.15) is 18.4 Å². The number of rotatable bonds is 8. The van der Waals surface area contributed by atoms with Gasteiger partial charge in [-0.1, -0.05) is 26.0 Å². The first kappa shape index (κ1) is 23.1. The van der Waals surface area contributed by atoms with Gasteiger partial charge < -0.3 is 19.7 Å². The van der Waals surface area contributed by atoms with E-state index in [1.807, 2.05) is 32.0 Å². The summed E-state index contributed by atoms with van der Waals surface area (Å²) in [6.45, 7) is 7.70. The normalized spacial score (nSPS) is 18.9. The van der Waals surface area contributed by atoms with Crippen molar-refractivity contribution in [3.8, 4) is 11.5 Å². The van der Waals surface area contributed by atoms with Crippen LogP contribution in [0.4, 0.5) is 4.39 Å². The van der Waals surface area contributed by atoms with E-state index in [-0.39, 0.29) is 23.8 Å². The molecule has 0 bridgehead atoms. The number of benzene rings is 2. The Hall–Kier alpha value is -2.60. The highest BCUT2D eigenvalue weighted by Gasteiger charge is 2.37. The zero-order valence-corrected chi connectivity index (χ0v) is 19.1. The first-order valence-corrected chi connectivity index (χ1v) is 11.0. The number of nitrogens with one attached hydrogen (secondary N) is 2. The van der Waals surface area contributed by atoms with Crippen LogP contribution in [0.15, 0.2) is 36.4 Å². The van der Waals surface area contributed by atoms with Crippen LogP contribution in [0.1, 0.15) is 49.9 Å². The number of hydrogen-bond donors (Lipinski definition) is 2. The van der Waals surface area contributed by atoms with E-state index in [1.165, 1.54) is 16.5 Å². The van der Waals surface area contributed by atoms with Crippen LogP contribution in [0.25, 0.3) is 0 Å². The maximum Gasteiger partial charge on any atom is 0.220 e. The maximum atomic E-state index is 13.8. The molecule has 0 aromatic heterocycles. The molecule has 0 fully saturated rings. The van der Waals surface area contributed by atoms with Crippen LogP contribution < -0.4 is 19.7 Å². The molecule has 2 aromatic carbocycles. The molecule has 1 aliphatic rings. The maximum absolute atomic E-state index is 13.8. The van der Waals surface area contributed by atoms with Crippen molar-refractivity contribution < 1.29 is 23.6 Å². The Labute approximate surface area is 184 Å². The van der Waals surface area contributed by atoms with Gasteiger partial charge in [0.15, 0.2) is 11.5 Å². The van der Waals surface area contributed by atoms with Crippen molar-refractivity contribution >= 4 is 5.91 Å². The Morgan fingerprint density at radius 2 is 1.87 bits per heavy atom. The molecule has 0 radical (unpaired) electrons. The first-order valence-electron chi connectivity index (χ1n) is 11.0. The van der Waals surface area contributed by atoms with Crippen LogP contribution in [-0.4, -0.2) is 32.7 Å². The summed E-state index contributed by atoms with van der Waals surface area (Å²) in [4.78, 5) is 13.8. The number of carbonyl (C=O) groups excluding carboxylic acids is 1. The number of amides is 1. The van der Waals surface area contributed by atoms with Crippen LogP contribution in [0.5, 0.6) is 11.5 Å². The third-order valence-electron chi connectivity index (χ3n) is 5.94. The first-order chi connectivity index (χ1) is 14.8. The molecule has 6 heteroatoms. The fourth-order valence-electron chi connectivity index (χ4n) is 4.61. The topological polar surface area (TPSA) is 52.0 Å². The molecule has 1 aliphatic heterocycles. The van der Waals surface area contributed by atoms with Gasteiger partial charge in [0.05, 0.1) is 26.8 Å². The number of methoxy groups -OCH3 is 2. The summed E-state index contributed by atoms with van der Waals surface area (Å²) in [5, 5.41) is 3.21. The van der Waals surface area contributed by atoms with Gasteiger partial charge in [-0.15, -0.1) is 0 Å². The molecule has 3 atom stereocenters. The monoisotopic (exact) mass is 429 g/mol. The highest BCUT2D eigenvalue weighted by atomic mass is 19.1. The quantitative estimate of drug-likeness (QED) is 0.678. The van der Waals surface area contributed by atoms with Gasteiger partial charge in [-0.2, -0.15) is 0 Å². The van der Waals surface area contributed by atoms with Gasteiger partial charge in [-0.05, 0) is 42.7 Å². The standard InChI is InChI=1S/C25H33FN2O3/c1-16(2)11-24(29)27-17(3)25-21-14-23(31-5)22(30-4)13-19(21)9-10-28(25)15-18-7-6-8-20(26)12-18/h6-8,12-14,16-17,25H,9-11,15H2,1-5H3,(H,27,29)/p+1/t17-,25+/m1/s1. The third-order valence-corrected chi connectivity index (χ3v) is 5.94. The van der Waals surface area contributed by atoms with E-state index in [9.17, 15) is 9.18 Å². The predicted octanol–water partition coefficient (Wildman–Crippen LogP) is 3.08. The fraction of sp³-hybridized carbons (Fsp3) is 0.480. The highest BCUT2D eigenvalue weighted by molar-refractivity contribution is 5.76. The number of ether oxygens (including phenoxy) is 2. The highest BCUT2D eigenvalue weighted by Crippen LogP contribution is 2.35. The van der Waals surface area contributed by atoms with E-state index < -0.39 is 0 Å². The van der Waals surface area contributed by atoms with Crippen molar-refractivity contribution in [3.63, 3.8) is 0 Å². The van der Waals surface area contributed by atoms with Crippen molar-refractivity contribution in [1.29, 1.82) is 0 Å². The molecular formula is C25H34FN2O3+. The lowest BCUT2D eigenvalue weighted by molar-refractivity contribution is -0.948. The fourth-order valence-corrected chi connectivity index (χ4v) is 4.61. The summed E-state index contributed by atoms with van der Waals surface area (Å²) in [7, 11) is 3.27.